The summed E-state index contributed by atoms with van der Waals surface area (Å²) >= 11 is 0. The lowest BCUT2D eigenvalue weighted by molar-refractivity contribution is 0.102. The minimum atomic E-state index is -3.08. The normalized spacial score (nSPS) is 18.1. The third kappa shape index (κ3) is 4.00. The number of benzene rings is 1. The molecule has 30 heavy (non-hydrogen) atoms. The van der Waals surface area contributed by atoms with Gasteiger partial charge in [0.1, 0.15) is 5.82 Å². The number of anilines is 1. The predicted octanol–water partition coefficient (Wildman–Crippen LogP) is 3.41. The standard InChI is InChI=1S/C20H21FN4O4S/c1-12(2)19-15(10-25(23-19)13-7-8-30(27,28)11-13)20(26)22-18-9-17(29-24-18)14-5-3-4-6-16(14)21/h3-6,9-10,12-13H,7-8,11H2,1-2H3,(H,22,24,26). The van der Waals surface area contributed by atoms with Crippen molar-refractivity contribution in [1.82, 2.24) is 14.9 Å². The molecule has 3 aromatic rings. The first-order chi connectivity index (χ1) is 14.2. The van der Waals surface area contributed by atoms with Gasteiger partial charge in [-0.1, -0.05) is 31.1 Å². The summed E-state index contributed by atoms with van der Waals surface area (Å²) in [7, 11) is -3.08. The molecule has 1 aliphatic rings. The number of nitrogens with one attached hydrogen (secondary N) is 1. The average Bonchev–Trinajstić information content (AvgIpc) is 3.40. The molecule has 0 bridgehead atoms. The maximum absolute atomic E-state index is 13.9. The molecule has 1 amide bonds. The molecule has 1 atom stereocenters. The lowest BCUT2D eigenvalue weighted by Crippen LogP contribution is -2.14. The van der Waals surface area contributed by atoms with Gasteiger partial charge in [0.15, 0.2) is 21.4 Å². The van der Waals surface area contributed by atoms with E-state index in [0.29, 0.717) is 17.7 Å². The molecule has 4 rings (SSSR count). The van der Waals surface area contributed by atoms with Crippen LogP contribution in [0, 0.1) is 5.82 Å². The van der Waals surface area contributed by atoms with Crippen LogP contribution in [0.15, 0.2) is 41.1 Å². The van der Waals surface area contributed by atoms with Gasteiger partial charge in [-0.25, -0.2) is 12.8 Å². The summed E-state index contributed by atoms with van der Waals surface area (Å²) in [6, 6.07) is 7.26. The van der Waals surface area contributed by atoms with Gasteiger partial charge < -0.3 is 9.84 Å². The van der Waals surface area contributed by atoms with Crippen molar-refractivity contribution in [1.29, 1.82) is 0 Å². The van der Waals surface area contributed by atoms with Gasteiger partial charge in [0.05, 0.1) is 34.4 Å². The molecular formula is C20H21FN4O4S. The molecule has 1 aromatic carbocycles. The van der Waals surface area contributed by atoms with Crippen LogP contribution < -0.4 is 5.32 Å². The Hall–Kier alpha value is -3.01. The van der Waals surface area contributed by atoms with E-state index in [1.54, 1.807) is 29.1 Å². The number of hydrogen-bond donors (Lipinski definition) is 1. The van der Waals surface area contributed by atoms with Gasteiger partial charge in [-0.15, -0.1) is 0 Å². The monoisotopic (exact) mass is 432 g/mol. The fraction of sp³-hybridized carbons (Fsp3) is 0.350. The molecule has 0 saturated carbocycles. The second kappa shape index (κ2) is 7.67. The molecule has 1 aliphatic heterocycles. The van der Waals surface area contributed by atoms with E-state index in [1.807, 2.05) is 13.8 Å². The molecule has 1 fully saturated rings. The Balaban J connectivity index is 1.57. The van der Waals surface area contributed by atoms with Crippen LogP contribution >= 0.6 is 0 Å². The molecule has 0 radical (unpaired) electrons. The Labute approximate surface area is 173 Å². The molecule has 1 N–H and O–H groups in total. The van der Waals surface area contributed by atoms with Crippen LogP contribution in [-0.2, 0) is 9.84 Å². The third-order valence-electron chi connectivity index (χ3n) is 5.03. The van der Waals surface area contributed by atoms with Crippen LogP contribution in [0.3, 0.4) is 0 Å². The molecule has 2 aromatic heterocycles. The predicted molar refractivity (Wildman–Crippen MR) is 108 cm³/mol. The van der Waals surface area contributed by atoms with Crippen LogP contribution in [0.2, 0.25) is 0 Å². The number of halogens is 1. The third-order valence-corrected chi connectivity index (χ3v) is 6.78. The van der Waals surface area contributed by atoms with E-state index in [-0.39, 0.29) is 40.6 Å². The van der Waals surface area contributed by atoms with Crippen molar-refractivity contribution < 1.29 is 22.1 Å². The van der Waals surface area contributed by atoms with Crippen molar-refractivity contribution >= 4 is 21.6 Å². The average molecular weight is 432 g/mol. The second-order valence-corrected chi connectivity index (χ2v) is 9.86. The highest BCUT2D eigenvalue weighted by atomic mass is 32.2. The van der Waals surface area contributed by atoms with E-state index >= 15 is 0 Å². The quantitative estimate of drug-likeness (QED) is 0.662. The fourth-order valence-electron chi connectivity index (χ4n) is 3.48. The van der Waals surface area contributed by atoms with Crippen molar-refractivity contribution in [3.05, 3.63) is 53.6 Å². The zero-order chi connectivity index (χ0) is 21.5. The largest absolute Gasteiger partial charge is 0.354 e. The molecule has 0 spiro atoms. The Morgan fingerprint density at radius 3 is 2.77 bits per heavy atom. The maximum atomic E-state index is 13.9. The minimum absolute atomic E-state index is 0.0164. The van der Waals surface area contributed by atoms with E-state index in [2.05, 4.69) is 15.6 Å². The number of nitrogens with zero attached hydrogens (tertiary/aromatic N) is 3. The van der Waals surface area contributed by atoms with Crippen LogP contribution in [0.4, 0.5) is 10.2 Å². The first-order valence-corrected chi connectivity index (χ1v) is 11.4. The lowest BCUT2D eigenvalue weighted by atomic mass is 10.1. The number of aromatic nitrogens is 3. The van der Waals surface area contributed by atoms with Crippen LogP contribution in [0.25, 0.3) is 11.3 Å². The van der Waals surface area contributed by atoms with Crippen molar-refractivity contribution in [2.75, 3.05) is 16.8 Å². The first kappa shape index (κ1) is 20.3. The number of rotatable bonds is 5. The Morgan fingerprint density at radius 2 is 2.10 bits per heavy atom. The van der Waals surface area contributed by atoms with Gasteiger partial charge in [-0.3, -0.25) is 9.48 Å². The summed E-state index contributed by atoms with van der Waals surface area (Å²) in [6.07, 6.45) is 2.05. The Kier molecular flexibility index (Phi) is 5.19. The van der Waals surface area contributed by atoms with Crippen LogP contribution in [0.1, 0.15) is 48.3 Å². The fourth-order valence-corrected chi connectivity index (χ4v) is 5.19. The van der Waals surface area contributed by atoms with Gasteiger partial charge in [0.2, 0.25) is 0 Å². The van der Waals surface area contributed by atoms with Gasteiger partial charge in [-0.05, 0) is 24.5 Å². The van der Waals surface area contributed by atoms with Crippen LogP contribution in [-0.4, -0.2) is 40.8 Å². The summed E-state index contributed by atoms with van der Waals surface area (Å²) in [5.41, 5.74) is 1.14. The molecule has 0 aliphatic carbocycles. The van der Waals surface area contributed by atoms with Crippen molar-refractivity contribution in [2.24, 2.45) is 0 Å². The maximum Gasteiger partial charge on any atom is 0.260 e. The second-order valence-electron chi connectivity index (χ2n) is 7.63. The summed E-state index contributed by atoms with van der Waals surface area (Å²) in [4.78, 5) is 12.9. The minimum Gasteiger partial charge on any atom is -0.354 e. The van der Waals surface area contributed by atoms with Gasteiger partial charge in [0, 0.05) is 12.3 Å². The Bertz CT molecular complexity index is 1200. The summed E-state index contributed by atoms with van der Waals surface area (Å²) in [6.45, 7) is 3.81. The molecule has 10 heteroatoms. The molecule has 8 nitrogen and oxygen atoms in total. The Morgan fingerprint density at radius 1 is 1.33 bits per heavy atom. The van der Waals surface area contributed by atoms with Gasteiger partial charge in [0.25, 0.3) is 5.91 Å². The molecule has 1 unspecified atom stereocenters. The first-order valence-electron chi connectivity index (χ1n) is 9.56. The zero-order valence-corrected chi connectivity index (χ0v) is 17.3. The van der Waals surface area contributed by atoms with E-state index in [4.69, 9.17) is 4.52 Å². The van der Waals surface area contributed by atoms with Gasteiger partial charge in [-0.2, -0.15) is 5.10 Å². The molecule has 3 heterocycles. The van der Waals surface area contributed by atoms with Crippen molar-refractivity contribution in [2.45, 2.75) is 32.2 Å². The van der Waals surface area contributed by atoms with Crippen LogP contribution in [0.5, 0.6) is 0 Å². The molecule has 1 saturated heterocycles. The topological polar surface area (TPSA) is 107 Å². The number of hydrogen-bond acceptors (Lipinski definition) is 6. The van der Waals surface area contributed by atoms with E-state index in [9.17, 15) is 17.6 Å². The number of carbonyl (C=O) groups is 1. The van der Waals surface area contributed by atoms with Crippen molar-refractivity contribution in [3.63, 3.8) is 0 Å². The zero-order valence-electron chi connectivity index (χ0n) is 16.5. The van der Waals surface area contributed by atoms with E-state index in [0.717, 1.165) is 0 Å². The number of sulfone groups is 1. The highest BCUT2D eigenvalue weighted by molar-refractivity contribution is 7.91. The molecular weight excluding hydrogens is 411 g/mol. The summed E-state index contributed by atoms with van der Waals surface area (Å²) in [5, 5.41) is 10.9. The van der Waals surface area contributed by atoms with Gasteiger partial charge >= 0.3 is 0 Å². The van der Waals surface area contributed by atoms with E-state index < -0.39 is 21.6 Å². The van der Waals surface area contributed by atoms with E-state index in [1.165, 1.54) is 12.1 Å². The number of carbonyl (C=O) groups excluding carboxylic acids is 1. The number of amides is 1. The lowest BCUT2D eigenvalue weighted by Gasteiger charge is -2.07. The molecule has 158 valence electrons. The highest BCUT2D eigenvalue weighted by Gasteiger charge is 2.31. The van der Waals surface area contributed by atoms with Crippen molar-refractivity contribution in [3.8, 4) is 11.3 Å². The summed E-state index contributed by atoms with van der Waals surface area (Å²) in [5.74, 6) is -0.475. The summed E-state index contributed by atoms with van der Waals surface area (Å²) < 4.78 is 44.2. The SMILES string of the molecule is CC(C)c1nn(C2CCS(=O)(=O)C2)cc1C(=O)Nc1cc(-c2ccccc2F)on1. The smallest absolute Gasteiger partial charge is 0.260 e. The highest BCUT2D eigenvalue weighted by Crippen LogP contribution is 2.28.